The second kappa shape index (κ2) is 4.53. The van der Waals surface area contributed by atoms with Gasteiger partial charge in [0.2, 0.25) is 0 Å². The molecule has 0 spiro atoms. The normalized spacial score (nSPS) is 14.7. The minimum atomic E-state index is -0.0965. The van der Waals surface area contributed by atoms with Crippen LogP contribution in [-0.2, 0) is 6.54 Å². The summed E-state index contributed by atoms with van der Waals surface area (Å²) in [7, 11) is 0. The summed E-state index contributed by atoms with van der Waals surface area (Å²) in [5.74, 6) is 1.18. The predicted molar refractivity (Wildman–Crippen MR) is 68.8 cm³/mol. The van der Waals surface area contributed by atoms with Crippen LogP contribution in [0.3, 0.4) is 0 Å². The zero-order chi connectivity index (χ0) is 12.5. The van der Waals surface area contributed by atoms with Crippen molar-refractivity contribution in [3.05, 3.63) is 57.5 Å². The predicted octanol–water partition coefficient (Wildman–Crippen LogP) is 2.22. The molecule has 3 rings (SSSR count). The summed E-state index contributed by atoms with van der Waals surface area (Å²) in [6.45, 7) is 0.503. The Morgan fingerprint density at radius 2 is 2.28 bits per heavy atom. The summed E-state index contributed by atoms with van der Waals surface area (Å²) < 4.78 is 1.69. The highest BCUT2D eigenvalue weighted by atomic mass is 35.5. The molecule has 1 saturated carbocycles. The standard InChI is InChI=1S/C13H12ClN3O/c14-11-6-12(18)17(13(16-11)10-3-4-10)8-9-2-1-5-15-7-9/h1-2,5-7,10H,3-4,8H2. The van der Waals surface area contributed by atoms with E-state index >= 15 is 0 Å². The molecule has 0 amide bonds. The average molecular weight is 262 g/mol. The first-order valence-corrected chi connectivity index (χ1v) is 6.28. The molecule has 0 radical (unpaired) electrons. The summed E-state index contributed by atoms with van der Waals surface area (Å²) in [6, 6.07) is 5.18. The molecular formula is C13H12ClN3O. The number of rotatable bonds is 3. The third-order valence-corrected chi connectivity index (χ3v) is 3.21. The van der Waals surface area contributed by atoms with Crippen LogP contribution in [0.4, 0.5) is 0 Å². The highest BCUT2D eigenvalue weighted by Gasteiger charge is 2.28. The minimum absolute atomic E-state index is 0.0965. The van der Waals surface area contributed by atoms with Crippen molar-refractivity contribution >= 4 is 11.6 Å². The fourth-order valence-electron chi connectivity index (χ4n) is 1.98. The molecule has 0 saturated heterocycles. The van der Waals surface area contributed by atoms with Crippen molar-refractivity contribution in [2.45, 2.75) is 25.3 Å². The second-order valence-corrected chi connectivity index (χ2v) is 4.88. The number of pyridine rings is 1. The maximum atomic E-state index is 12.0. The molecule has 2 heterocycles. The lowest BCUT2D eigenvalue weighted by atomic mass is 10.2. The van der Waals surface area contributed by atoms with Gasteiger partial charge in [0, 0.05) is 24.4 Å². The van der Waals surface area contributed by atoms with Crippen molar-refractivity contribution in [3.8, 4) is 0 Å². The van der Waals surface area contributed by atoms with Gasteiger partial charge in [0.1, 0.15) is 11.0 Å². The SMILES string of the molecule is O=c1cc(Cl)nc(C2CC2)n1Cc1cccnc1. The largest absolute Gasteiger partial charge is 0.292 e. The van der Waals surface area contributed by atoms with Crippen LogP contribution >= 0.6 is 11.6 Å². The molecule has 0 aliphatic heterocycles. The number of nitrogens with zero attached hydrogens (tertiary/aromatic N) is 3. The molecule has 5 heteroatoms. The first-order valence-electron chi connectivity index (χ1n) is 5.90. The molecule has 2 aromatic rings. The van der Waals surface area contributed by atoms with Gasteiger partial charge >= 0.3 is 0 Å². The van der Waals surface area contributed by atoms with E-state index in [-0.39, 0.29) is 10.7 Å². The minimum Gasteiger partial charge on any atom is -0.292 e. The molecule has 1 aliphatic rings. The molecular weight excluding hydrogens is 250 g/mol. The Morgan fingerprint density at radius 3 is 2.94 bits per heavy atom. The first kappa shape index (κ1) is 11.4. The van der Waals surface area contributed by atoms with E-state index in [4.69, 9.17) is 11.6 Å². The highest BCUT2D eigenvalue weighted by molar-refractivity contribution is 6.29. The van der Waals surface area contributed by atoms with Crippen LogP contribution < -0.4 is 5.56 Å². The van der Waals surface area contributed by atoms with E-state index in [1.165, 1.54) is 6.07 Å². The van der Waals surface area contributed by atoms with Gasteiger partial charge in [-0.15, -0.1) is 0 Å². The number of hydrogen-bond acceptors (Lipinski definition) is 3. The quantitative estimate of drug-likeness (QED) is 0.796. The van der Waals surface area contributed by atoms with Crippen LogP contribution in [0.25, 0.3) is 0 Å². The molecule has 0 N–H and O–H groups in total. The van der Waals surface area contributed by atoms with Gasteiger partial charge < -0.3 is 0 Å². The summed E-state index contributed by atoms with van der Waals surface area (Å²) in [5.41, 5.74) is 0.895. The van der Waals surface area contributed by atoms with Gasteiger partial charge in [-0.3, -0.25) is 14.3 Å². The van der Waals surface area contributed by atoms with Crippen LogP contribution in [0.15, 0.2) is 35.4 Å². The maximum absolute atomic E-state index is 12.0. The van der Waals surface area contributed by atoms with E-state index in [2.05, 4.69) is 9.97 Å². The Morgan fingerprint density at radius 1 is 1.44 bits per heavy atom. The van der Waals surface area contributed by atoms with Gasteiger partial charge in [-0.05, 0) is 24.5 Å². The molecule has 4 nitrogen and oxygen atoms in total. The van der Waals surface area contributed by atoms with Crippen molar-refractivity contribution < 1.29 is 0 Å². The monoisotopic (exact) mass is 261 g/mol. The van der Waals surface area contributed by atoms with Crippen molar-refractivity contribution in [1.29, 1.82) is 0 Å². The Hall–Kier alpha value is -1.68. The topological polar surface area (TPSA) is 47.8 Å². The molecule has 2 aromatic heterocycles. The van der Waals surface area contributed by atoms with E-state index in [9.17, 15) is 4.79 Å². The fraction of sp³-hybridized carbons (Fsp3) is 0.308. The summed E-state index contributed by atoms with van der Waals surface area (Å²) in [4.78, 5) is 20.4. The van der Waals surface area contributed by atoms with Crippen molar-refractivity contribution in [2.75, 3.05) is 0 Å². The smallest absolute Gasteiger partial charge is 0.255 e. The van der Waals surface area contributed by atoms with Crippen LogP contribution in [0.1, 0.15) is 30.1 Å². The molecule has 1 fully saturated rings. The third-order valence-electron chi connectivity index (χ3n) is 3.01. The Kier molecular flexibility index (Phi) is 2.88. The lowest BCUT2D eigenvalue weighted by Gasteiger charge is -2.11. The van der Waals surface area contributed by atoms with E-state index in [1.807, 2.05) is 12.1 Å². The van der Waals surface area contributed by atoms with Crippen LogP contribution in [0.2, 0.25) is 5.15 Å². The summed E-state index contributed by atoms with van der Waals surface area (Å²) in [5, 5.41) is 0.282. The number of hydrogen-bond donors (Lipinski definition) is 0. The van der Waals surface area contributed by atoms with Gasteiger partial charge in [-0.25, -0.2) is 4.98 Å². The van der Waals surface area contributed by atoms with Gasteiger partial charge in [-0.1, -0.05) is 17.7 Å². The number of aromatic nitrogens is 3. The van der Waals surface area contributed by atoms with Gasteiger partial charge in [0.05, 0.1) is 6.54 Å². The maximum Gasteiger partial charge on any atom is 0.255 e. The Balaban J connectivity index is 2.03. The van der Waals surface area contributed by atoms with Gasteiger partial charge in [0.15, 0.2) is 0 Å². The van der Waals surface area contributed by atoms with E-state index < -0.39 is 0 Å². The number of halogens is 1. The average Bonchev–Trinajstić information content (AvgIpc) is 3.18. The van der Waals surface area contributed by atoms with E-state index in [1.54, 1.807) is 17.0 Å². The third kappa shape index (κ3) is 2.29. The Bertz CT molecular complexity index is 620. The molecule has 18 heavy (non-hydrogen) atoms. The van der Waals surface area contributed by atoms with Crippen molar-refractivity contribution in [2.24, 2.45) is 0 Å². The van der Waals surface area contributed by atoms with Crippen LogP contribution in [-0.4, -0.2) is 14.5 Å². The molecule has 0 bridgehead atoms. The van der Waals surface area contributed by atoms with Gasteiger partial charge in [-0.2, -0.15) is 0 Å². The van der Waals surface area contributed by atoms with E-state index in [0.717, 1.165) is 24.2 Å². The van der Waals surface area contributed by atoms with Crippen LogP contribution in [0.5, 0.6) is 0 Å². The molecule has 0 aromatic carbocycles. The molecule has 0 unspecified atom stereocenters. The lowest BCUT2D eigenvalue weighted by molar-refractivity contribution is 0.668. The van der Waals surface area contributed by atoms with Crippen LogP contribution in [0, 0.1) is 0 Å². The molecule has 0 atom stereocenters. The zero-order valence-electron chi connectivity index (χ0n) is 9.71. The highest BCUT2D eigenvalue weighted by Crippen LogP contribution is 2.38. The zero-order valence-corrected chi connectivity index (χ0v) is 10.5. The molecule has 92 valence electrons. The lowest BCUT2D eigenvalue weighted by Crippen LogP contribution is -2.24. The second-order valence-electron chi connectivity index (χ2n) is 4.50. The van der Waals surface area contributed by atoms with Crippen molar-refractivity contribution in [1.82, 2.24) is 14.5 Å². The summed E-state index contributed by atoms with van der Waals surface area (Å²) in [6.07, 6.45) is 5.64. The fourth-order valence-corrected chi connectivity index (χ4v) is 2.16. The van der Waals surface area contributed by atoms with E-state index in [0.29, 0.717) is 12.5 Å². The van der Waals surface area contributed by atoms with Gasteiger partial charge in [0.25, 0.3) is 5.56 Å². The van der Waals surface area contributed by atoms with Crippen molar-refractivity contribution in [3.63, 3.8) is 0 Å². The Labute approximate surface area is 109 Å². The molecule has 1 aliphatic carbocycles. The summed E-state index contributed by atoms with van der Waals surface area (Å²) >= 11 is 5.86. The first-order chi connectivity index (χ1) is 8.74.